The second-order valence-electron chi connectivity index (χ2n) is 3.84. The number of likely N-dealkylation sites (N-methyl/N-ethyl adjacent to an activating group) is 1. The zero-order valence-corrected chi connectivity index (χ0v) is 9.69. The van der Waals surface area contributed by atoms with Crippen LogP contribution < -0.4 is 5.32 Å². The highest BCUT2D eigenvalue weighted by atomic mass is 16.5. The molecule has 0 aromatic carbocycles. The fourth-order valence-corrected chi connectivity index (χ4v) is 1.95. The third-order valence-electron chi connectivity index (χ3n) is 2.72. The van der Waals surface area contributed by atoms with Gasteiger partial charge in [0.25, 0.3) is 0 Å². The van der Waals surface area contributed by atoms with Crippen molar-refractivity contribution in [1.29, 1.82) is 0 Å². The van der Waals surface area contributed by atoms with Crippen LogP contribution >= 0.6 is 0 Å². The smallest absolute Gasteiger partial charge is 0.407 e. The lowest BCUT2D eigenvalue weighted by Crippen LogP contribution is -2.54. The molecule has 1 saturated heterocycles. The minimum Gasteiger partial charge on any atom is -0.465 e. The maximum Gasteiger partial charge on any atom is 0.407 e. The number of amides is 1. The van der Waals surface area contributed by atoms with Crippen LogP contribution in [0, 0.1) is 0 Å². The SMILES string of the molecule is C=CCO[C@H]1CN(C(=O)O)CC[C@H]1NCC. The number of carboxylic acid groups (broad SMARTS) is 1. The maximum atomic E-state index is 10.9. The van der Waals surface area contributed by atoms with Crippen LogP contribution in [0.15, 0.2) is 12.7 Å². The fourth-order valence-electron chi connectivity index (χ4n) is 1.95. The molecule has 0 aliphatic carbocycles. The molecule has 0 radical (unpaired) electrons. The first kappa shape index (κ1) is 13.0. The van der Waals surface area contributed by atoms with Gasteiger partial charge in [-0.1, -0.05) is 13.0 Å². The molecule has 5 heteroatoms. The molecule has 0 unspecified atom stereocenters. The van der Waals surface area contributed by atoms with Gasteiger partial charge >= 0.3 is 6.09 Å². The summed E-state index contributed by atoms with van der Waals surface area (Å²) in [6.45, 7) is 7.96. The minimum absolute atomic E-state index is 0.0807. The van der Waals surface area contributed by atoms with Gasteiger partial charge in [-0.3, -0.25) is 0 Å². The number of rotatable bonds is 5. The van der Waals surface area contributed by atoms with Crippen LogP contribution in [0.4, 0.5) is 4.79 Å². The van der Waals surface area contributed by atoms with Crippen LogP contribution in [-0.2, 0) is 4.74 Å². The van der Waals surface area contributed by atoms with Gasteiger partial charge in [-0.15, -0.1) is 6.58 Å². The highest BCUT2D eigenvalue weighted by molar-refractivity contribution is 5.65. The predicted molar refractivity (Wildman–Crippen MR) is 61.6 cm³/mol. The van der Waals surface area contributed by atoms with Crippen LogP contribution in [0.3, 0.4) is 0 Å². The lowest BCUT2D eigenvalue weighted by atomic mass is 10.0. The summed E-state index contributed by atoms with van der Waals surface area (Å²) >= 11 is 0. The Hall–Kier alpha value is -1.07. The summed E-state index contributed by atoms with van der Waals surface area (Å²) < 4.78 is 5.59. The van der Waals surface area contributed by atoms with Crippen LogP contribution in [0.5, 0.6) is 0 Å². The van der Waals surface area contributed by atoms with Gasteiger partial charge in [0, 0.05) is 12.6 Å². The average Bonchev–Trinajstić information content (AvgIpc) is 2.27. The minimum atomic E-state index is -0.873. The van der Waals surface area contributed by atoms with Crippen LogP contribution in [0.25, 0.3) is 0 Å². The molecule has 1 amide bonds. The number of hydrogen-bond donors (Lipinski definition) is 2. The molecule has 1 fully saturated rings. The number of piperidine rings is 1. The van der Waals surface area contributed by atoms with E-state index in [0.717, 1.165) is 13.0 Å². The Morgan fingerprint density at radius 3 is 3.06 bits per heavy atom. The number of likely N-dealkylation sites (tertiary alicyclic amines) is 1. The third kappa shape index (κ3) is 3.50. The molecule has 5 nitrogen and oxygen atoms in total. The van der Waals surface area contributed by atoms with E-state index in [1.165, 1.54) is 4.90 Å². The van der Waals surface area contributed by atoms with Crippen molar-refractivity contribution in [1.82, 2.24) is 10.2 Å². The number of ether oxygens (including phenoxy) is 1. The molecule has 2 atom stereocenters. The summed E-state index contributed by atoms with van der Waals surface area (Å²) in [4.78, 5) is 12.3. The van der Waals surface area contributed by atoms with Crippen LogP contribution in [-0.4, -0.2) is 54.5 Å². The number of nitrogens with zero attached hydrogens (tertiary/aromatic N) is 1. The van der Waals surface area contributed by atoms with Gasteiger partial charge in [-0.05, 0) is 13.0 Å². The van der Waals surface area contributed by atoms with Crippen molar-refractivity contribution in [3.8, 4) is 0 Å². The molecule has 1 heterocycles. The van der Waals surface area contributed by atoms with Gasteiger partial charge in [0.15, 0.2) is 0 Å². The summed E-state index contributed by atoms with van der Waals surface area (Å²) in [6, 6.07) is 0.237. The zero-order valence-electron chi connectivity index (χ0n) is 9.69. The van der Waals surface area contributed by atoms with Crippen molar-refractivity contribution in [2.24, 2.45) is 0 Å². The molecule has 1 aliphatic heterocycles. The van der Waals surface area contributed by atoms with Crippen molar-refractivity contribution >= 4 is 6.09 Å². The number of hydrogen-bond acceptors (Lipinski definition) is 3. The maximum absolute atomic E-state index is 10.9. The molecule has 0 aromatic rings. The molecule has 0 saturated carbocycles. The number of nitrogens with one attached hydrogen (secondary N) is 1. The third-order valence-corrected chi connectivity index (χ3v) is 2.72. The molecule has 1 rings (SSSR count). The molecule has 1 aliphatic rings. The topological polar surface area (TPSA) is 61.8 Å². The normalized spacial score (nSPS) is 25.4. The molecule has 16 heavy (non-hydrogen) atoms. The molecular formula is C11H20N2O3. The molecular weight excluding hydrogens is 208 g/mol. The highest BCUT2D eigenvalue weighted by Crippen LogP contribution is 2.14. The Balaban J connectivity index is 2.53. The predicted octanol–water partition coefficient (Wildman–Crippen LogP) is 0.919. The standard InChI is InChI=1S/C11H20N2O3/c1-3-7-16-10-8-13(11(14)15)6-5-9(10)12-4-2/h3,9-10,12H,1,4-8H2,2H3,(H,14,15)/t9-,10+/m1/s1. The van der Waals surface area contributed by atoms with Crippen molar-refractivity contribution in [2.45, 2.75) is 25.5 Å². The molecule has 92 valence electrons. The van der Waals surface area contributed by atoms with E-state index in [4.69, 9.17) is 9.84 Å². The van der Waals surface area contributed by atoms with E-state index in [-0.39, 0.29) is 12.1 Å². The van der Waals surface area contributed by atoms with E-state index in [0.29, 0.717) is 19.7 Å². The van der Waals surface area contributed by atoms with E-state index in [9.17, 15) is 4.79 Å². The van der Waals surface area contributed by atoms with Gasteiger partial charge in [-0.2, -0.15) is 0 Å². The van der Waals surface area contributed by atoms with Crippen molar-refractivity contribution in [2.75, 3.05) is 26.2 Å². The molecule has 0 aromatic heterocycles. The van der Waals surface area contributed by atoms with E-state index >= 15 is 0 Å². The van der Waals surface area contributed by atoms with Gasteiger partial charge in [0.2, 0.25) is 0 Å². The zero-order chi connectivity index (χ0) is 12.0. The molecule has 0 bridgehead atoms. The Bertz CT molecular complexity index is 245. The van der Waals surface area contributed by atoms with Crippen molar-refractivity contribution < 1.29 is 14.6 Å². The summed E-state index contributed by atoms with van der Waals surface area (Å²) in [5.74, 6) is 0. The van der Waals surface area contributed by atoms with Gasteiger partial charge in [-0.25, -0.2) is 4.79 Å². The van der Waals surface area contributed by atoms with Crippen molar-refractivity contribution in [3.63, 3.8) is 0 Å². The molecule has 0 spiro atoms. The fraction of sp³-hybridized carbons (Fsp3) is 0.727. The van der Waals surface area contributed by atoms with E-state index in [1.807, 2.05) is 6.92 Å². The Labute approximate surface area is 96.1 Å². The Morgan fingerprint density at radius 2 is 2.50 bits per heavy atom. The second kappa shape index (κ2) is 6.50. The van der Waals surface area contributed by atoms with Gasteiger partial charge < -0.3 is 20.1 Å². The first-order valence-corrected chi connectivity index (χ1v) is 5.62. The van der Waals surface area contributed by atoms with Gasteiger partial charge in [0.05, 0.1) is 19.3 Å². The second-order valence-corrected chi connectivity index (χ2v) is 3.84. The lowest BCUT2D eigenvalue weighted by molar-refractivity contribution is -0.00533. The largest absolute Gasteiger partial charge is 0.465 e. The van der Waals surface area contributed by atoms with Crippen molar-refractivity contribution in [3.05, 3.63) is 12.7 Å². The van der Waals surface area contributed by atoms with E-state index in [2.05, 4.69) is 11.9 Å². The van der Waals surface area contributed by atoms with Crippen LogP contribution in [0.2, 0.25) is 0 Å². The Morgan fingerprint density at radius 1 is 1.75 bits per heavy atom. The lowest BCUT2D eigenvalue weighted by Gasteiger charge is -2.37. The Kier molecular flexibility index (Phi) is 5.28. The first-order chi connectivity index (χ1) is 7.69. The quantitative estimate of drug-likeness (QED) is 0.687. The summed E-state index contributed by atoms with van der Waals surface area (Å²) in [6.07, 6.45) is 1.52. The average molecular weight is 228 g/mol. The summed E-state index contributed by atoms with van der Waals surface area (Å²) in [5, 5.41) is 12.3. The molecule has 2 N–H and O–H groups in total. The highest BCUT2D eigenvalue weighted by Gasteiger charge is 2.31. The summed E-state index contributed by atoms with van der Waals surface area (Å²) in [5.41, 5.74) is 0. The monoisotopic (exact) mass is 228 g/mol. The number of carbonyl (C=O) groups is 1. The van der Waals surface area contributed by atoms with E-state index in [1.54, 1.807) is 6.08 Å². The van der Waals surface area contributed by atoms with Crippen LogP contribution in [0.1, 0.15) is 13.3 Å². The van der Waals surface area contributed by atoms with E-state index < -0.39 is 6.09 Å². The summed E-state index contributed by atoms with van der Waals surface area (Å²) in [7, 11) is 0. The van der Waals surface area contributed by atoms with Gasteiger partial charge in [0.1, 0.15) is 0 Å². The first-order valence-electron chi connectivity index (χ1n) is 5.62.